The fraction of sp³-hybridized carbons (Fsp3) is 0.350. The Morgan fingerprint density at radius 3 is 2.22 bits per heavy atom. The predicted molar refractivity (Wildman–Crippen MR) is 117 cm³/mol. The molecule has 0 radical (unpaired) electrons. The highest BCUT2D eigenvalue weighted by Gasteiger charge is 2.20. The summed E-state index contributed by atoms with van der Waals surface area (Å²) in [6, 6.07) is 10.6. The van der Waals surface area contributed by atoms with E-state index >= 15 is 0 Å². The minimum absolute atomic E-state index is 0.0120. The summed E-state index contributed by atoms with van der Waals surface area (Å²) >= 11 is 5.04. The van der Waals surface area contributed by atoms with Crippen molar-refractivity contribution in [3.05, 3.63) is 52.0 Å². The number of anilines is 1. The van der Waals surface area contributed by atoms with Gasteiger partial charge in [-0.15, -0.1) is 11.8 Å². The van der Waals surface area contributed by atoms with Crippen LogP contribution in [-0.4, -0.2) is 32.4 Å². The van der Waals surface area contributed by atoms with Crippen LogP contribution in [0.4, 0.5) is 5.69 Å². The van der Waals surface area contributed by atoms with Crippen LogP contribution in [0.25, 0.3) is 0 Å². The number of nitrogens with zero attached hydrogens (tertiary/aromatic N) is 1. The van der Waals surface area contributed by atoms with Gasteiger partial charge in [0.05, 0.1) is 10.6 Å². The van der Waals surface area contributed by atoms with Crippen LogP contribution in [-0.2, 0) is 14.6 Å². The van der Waals surface area contributed by atoms with E-state index in [9.17, 15) is 13.2 Å². The van der Waals surface area contributed by atoms with Crippen molar-refractivity contribution in [2.24, 2.45) is 0 Å². The number of amides is 1. The molecule has 0 aliphatic heterocycles. The largest absolute Gasteiger partial charge is 0.309 e. The monoisotopic (exact) mass is 469 g/mol. The molecule has 7 heteroatoms. The van der Waals surface area contributed by atoms with E-state index < -0.39 is 9.84 Å². The lowest BCUT2D eigenvalue weighted by Crippen LogP contribution is -2.38. The highest BCUT2D eigenvalue weighted by Crippen LogP contribution is 2.29. The van der Waals surface area contributed by atoms with Gasteiger partial charge in [-0.05, 0) is 75.2 Å². The maximum Gasteiger partial charge on any atom is 0.237 e. The summed E-state index contributed by atoms with van der Waals surface area (Å²) in [6.45, 7) is 7.95. The molecule has 0 fully saturated rings. The number of rotatable bonds is 6. The van der Waals surface area contributed by atoms with Gasteiger partial charge in [-0.1, -0.05) is 15.9 Å². The van der Waals surface area contributed by atoms with Crippen LogP contribution in [0.3, 0.4) is 0 Å². The summed E-state index contributed by atoms with van der Waals surface area (Å²) < 4.78 is 24.3. The Hall–Kier alpha value is -1.31. The van der Waals surface area contributed by atoms with Gasteiger partial charge in [-0.2, -0.15) is 0 Å². The molecule has 0 N–H and O–H groups in total. The number of aryl methyl sites for hydroxylation is 2. The van der Waals surface area contributed by atoms with E-state index in [4.69, 9.17) is 0 Å². The summed E-state index contributed by atoms with van der Waals surface area (Å²) in [5.74, 6) is 0.301. The third kappa shape index (κ3) is 5.59. The van der Waals surface area contributed by atoms with Gasteiger partial charge in [0.15, 0.2) is 9.84 Å². The van der Waals surface area contributed by atoms with Crippen molar-refractivity contribution in [2.75, 3.05) is 16.9 Å². The van der Waals surface area contributed by atoms with Gasteiger partial charge in [0.2, 0.25) is 5.91 Å². The Labute approximate surface area is 174 Å². The number of carbonyl (C=O) groups is 1. The number of benzene rings is 2. The van der Waals surface area contributed by atoms with E-state index in [1.54, 1.807) is 29.2 Å². The lowest BCUT2D eigenvalue weighted by Gasteiger charge is -2.27. The molecular formula is C20H24BrNO3S2. The normalized spacial score (nSPS) is 11.7. The molecule has 0 saturated carbocycles. The average Bonchev–Trinajstić information content (AvgIpc) is 2.56. The van der Waals surface area contributed by atoms with Gasteiger partial charge in [0, 0.05) is 27.4 Å². The van der Waals surface area contributed by atoms with Gasteiger partial charge in [0.1, 0.15) is 0 Å². The molecule has 0 spiro atoms. The Morgan fingerprint density at radius 1 is 1.11 bits per heavy atom. The summed E-state index contributed by atoms with van der Waals surface area (Å²) in [5.41, 5.74) is 2.96. The van der Waals surface area contributed by atoms with Crippen molar-refractivity contribution < 1.29 is 13.2 Å². The minimum Gasteiger partial charge on any atom is -0.309 e. The van der Waals surface area contributed by atoms with E-state index in [0.29, 0.717) is 11.4 Å². The second-order valence-electron chi connectivity index (χ2n) is 6.78. The molecular weight excluding hydrogens is 446 g/mol. The molecule has 2 aromatic carbocycles. The van der Waals surface area contributed by atoms with E-state index in [1.165, 1.54) is 18.0 Å². The summed E-state index contributed by atoms with van der Waals surface area (Å²) in [7, 11) is -3.26. The molecule has 0 aliphatic rings. The van der Waals surface area contributed by atoms with E-state index in [-0.39, 0.29) is 16.8 Å². The lowest BCUT2D eigenvalue weighted by atomic mass is 10.2. The van der Waals surface area contributed by atoms with Crippen molar-refractivity contribution in [1.82, 2.24) is 0 Å². The highest BCUT2D eigenvalue weighted by molar-refractivity contribution is 9.10. The average molecular weight is 470 g/mol. The van der Waals surface area contributed by atoms with Crippen molar-refractivity contribution >= 4 is 49.1 Å². The molecule has 2 aromatic rings. The third-order valence-electron chi connectivity index (χ3n) is 4.14. The van der Waals surface area contributed by atoms with E-state index in [1.807, 2.05) is 27.7 Å². The smallest absolute Gasteiger partial charge is 0.237 e. The molecule has 1 amide bonds. The van der Waals surface area contributed by atoms with E-state index in [0.717, 1.165) is 20.5 Å². The summed E-state index contributed by atoms with van der Waals surface area (Å²) in [5, 5.41) is 0. The molecule has 4 nitrogen and oxygen atoms in total. The standard InChI is InChI=1S/C20H24BrNO3S2/c1-13(2)22(16-6-8-17(9-7-16)27(5,24)25)20(23)12-26-19-11-14(3)18(21)10-15(19)4/h6-11,13H,12H2,1-5H3. The fourth-order valence-corrected chi connectivity index (χ4v) is 4.76. The zero-order chi connectivity index (χ0) is 20.4. The zero-order valence-corrected chi connectivity index (χ0v) is 19.3. The van der Waals surface area contributed by atoms with E-state index in [2.05, 4.69) is 28.1 Å². The Bertz CT molecular complexity index is 938. The van der Waals surface area contributed by atoms with Crippen LogP contribution in [0.2, 0.25) is 0 Å². The van der Waals surface area contributed by atoms with Crippen LogP contribution in [0.5, 0.6) is 0 Å². The van der Waals surface area contributed by atoms with Gasteiger partial charge < -0.3 is 4.90 Å². The van der Waals surface area contributed by atoms with Crippen molar-refractivity contribution in [3.63, 3.8) is 0 Å². The number of halogens is 1. The molecule has 0 aromatic heterocycles. The molecule has 0 bridgehead atoms. The number of sulfone groups is 1. The second kappa shape index (κ2) is 8.80. The molecule has 0 aliphatic carbocycles. The lowest BCUT2D eigenvalue weighted by molar-refractivity contribution is -0.116. The fourth-order valence-electron chi connectivity index (χ4n) is 2.70. The quantitative estimate of drug-likeness (QED) is 0.558. The molecule has 0 unspecified atom stereocenters. The Morgan fingerprint density at radius 2 is 1.70 bits per heavy atom. The van der Waals surface area contributed by atoms with Crippen LogP contribution < -0.4 is 4.90 Å². The molecule has 0 heterocycles. The maximum absolute atomic E-state index is 12.9. The molecule has 146 valence electrons. The van der Waals surface area contributed by atoms with Gasteiger partial charge in [-0.3, -0.25) is 4.79 Å². The van der Waals surface area contributed by atoms with Crippen molar-refractivity contribution in [2.45, 2.75) is 43.5 Å². The Balaban J connectivity index is 2.19. The Kier molecular flexibility index (Phi) is 7.16. The van der Waals surface area contributed by atoms with Gasteiger partial charge in [0.25, 0.3) is 0 Å². The van der Waals surface area contributed by atoms with Crippen LogP contribution in [0.1, 0.15) is 25.0 Å². The summed E-state index contributed by atoms with van der Waals surface area (Å²) in [6.07, 6.45) is 1.17. The highest BCUT2D eigenvalue weighted by atomic mass is 79.9. The number of hydrogen-bond acceptors (Lipinski definition) is 4. The first-order valence-electron chi connectivity index (χ1n) is 8.52. The number of thioether (sulfide) groups is 1. The SMILES string of the molecule is Cc1cc(SCC(=O)N(c2ccc(S(C)(=O)=O)cc2)C(C)C)c(C)cc1Br. The van der Waals surface area contributed by atoms with Crippen LogP contribution in [0, 0.1) is 13.8 Å². The first-order valence-corrected chi connectivity index (χ1v) is 12.2. The second-order valence-corrected chi connectivity index (χ2v) is 10.7. The molecule has 0 saturated heterocycles. The predicted octanol–water partition coefficient (Wildman–Crippen LogP) is 5.00. The van der Waals surface area contributed by atoms with Crippen LogP contribution in [0.15, 0.2) is 50.7 Å². The number of hydrogen-bond donors (Lipinski definition) is 0. The summed E-state index contributed by atoms with van der Waals surface area (Å²) in [4.78, 5) is 15.9. The topological polar surface area (TPSA) is 54.5 Å². The van der Waals surface area contributed by atoms with Crippen molar-refractivity contribution in [3.8, 4) is 0 Å². The first kappa shape index (κ1) is 22.0. The van der Waals surface area contributed by atoms with Crippen LogP contribution >= 0.6 is 27.7 Å². The maximum atomic E-state index is 12.9. The molecule has 0 atom stereocenters. The molecule has 2 rings (SSSR count). The minimum atomic E-state index is -3.26. The van der Waals surface area contributed by atoms with Crippen molar-refractivity contribution in [1.29, 1.82) is 0 Å². The zero-order valence-electron chi connectivity index (χ0n) is 16.1. The first-order chi connectivity index (χ1) is 12.5. The number of carbonyl (C=O) groups excluding carboxylic acids is 1. The molecule has 27 heavy (non-hydrogen) atoms. The van der Waals surface area contributed by atoms with Gasteiger partial charge in [-0.25, -0.2) is 8.42 Å². The van der Waals surface area contributed by atoms with Gasteiger partial charge >= 0.3 is 0 Å². The third-order valence-corrected chi connectivity index (χ3v) is 7.26.